The molecule has 0 spiro atoms. The molecule has 1 aliphatic heterocycles. The van der Waals surface area contributed by atoms with Crippen LogP contribution in [0.4, 0.5) is 4.79 Å². The molecule has 6 nitrogen and oxygen atoms in total. The van der Waals surface area contributed by atoms with Crippen LogP contribution in [0.15, 0.2) is 53.4 Å². The molecule has 1 saturated heterocycles. The highest BCUT2D eigenvalue weighted by molar-refractivity contribution is 8.18. The van der Waals surface area contributed by atoms with E-state index in [-0.39, 0.29) is 6.54 Å². The van der Waals surface area contributed by atoms with Crippen LogP contribution in [-0.2, 0) is 14.3 Å². The molecule has 2 heterocycles. The number of rotatable bonds is 4. The lowest BCUT2D eigenvalue weighted by Gasteiger charge is -2.11. The maximum absolute atomic E-state index is 12.6. The van der Waals surface area contributed by atoms with Gasteiger partial charge >= 0.3 is 5.97 Å². The molecule has 0 N–H and O–H groups in total. The summed E-state index contributed by atoms with van der Waals surface area (Å²) in [6.45, 7) is 3.60. The second kappa shape index (κ2) is 7.84. The Bertz CT molecular complexity index is 1230. The fraction of sp³-hybridized carbons (Fsp3) is 0.174. The number of imide groups is 1. The molecule has 1 aromatic heterocycles. The SMILES string of the molecule is COC(=O)CN1C(=O)SC(=Cc2cc(C)n(-c3ccc4ccccc4c3)c2C)C1=O. The largest absolute Gasteiger partial charge is 0.468 e. The smallest absolute Gasteiger partial charge is 0.325 e. The van der Waals surface area contributed by atoms with Crippen molar-refractivity contribution in [1.29, 1.82) is 0 Å². The average Bonchev–Trinajstić information content (AvgIpc) is 3.16. The number of aromatic nitrogens is 1. The number of fused-ring (bicyclic) bond motifs is 1. The quantitative estimate of drug-likeness (QED) is 0.461. The molecule has 1 fully saturated rings. The summed E-state index contributed by atoms with van der Waals surface area (Å²) < 4.78 is 6.68. The summed E-state index contributed by atoms with van der Waals surface area (Å²) in [6.07, 6.45) is 1.71. The third kappa shape index (κ3) is 3.52. The zero-order valence-electron chi connectivity index (χ0n) is 16.8. The Labute approximate surface area is 178 Å². The van der Waals surface area contributed by atoms with E-state index in [1.165, 1.54) is 12.5 Å². The lowest BCUT2D eigenvalue weighted by Crippen LogP contribution is -2.34. The lowest BCUT2D eigenvalue weighted by atomic mass is 10.1. The van der Waals surface area contributed by atoms with E-state index in [0.29, 0.717) is 4.91 Å². The zero-order chi connectivity index (χ0) is 21.4. The van der Waals surface area contributed by atoms with E-state index in [9.17, 15) is 14.4 Å². The molecule has 0 aliphatic carbocycles. The Morgan fingerprint density at radius 1 is 1.07 bits per heavy atom. The Morgan fingerprint density at radius 2 is 1.80 bits per heavy atom. The number of carbonyl (C=O) groups is 3. The zero-order valence-corrected chi connectivity index (χ0v) is 17.7. The maximum Gasteiger partial charge on any atom is 0.325 e. The van der Waals surface area contributed by atoms with Crippen molar-refractivity contribution in [3.63, 3.8) is 0 Å². The van der Waals surface area contributed by atoms with Gasteiger partial charge in [0.25, 0.3) is 11.1 Å². The summed E-state index contributed by atoms with van der Waals surface area (Å²) in [5.74, 6) is -1.11. The number of methoxy groups -OCH3 is 1. The number of hydrogen-bond acceptors (Lipinski definition) is 5. The van der Waals surface area contributed by atoms with Crippen LogP contribution in [0.1, 0.15) is 17.0 Å². The van der Waals surface area contributed by atoms with Gasteiger partial charge in [-0.2, -0.15) is 0 Å². The van der Waals surface area contributed by atoms with Crippen LogP contribution in [0, 0.1) is 13.8 Å². The minimum absolute atomic E-state index is 0.294. The molecule has 0 atom stereocenters. The Balaban J connectivity index is 1.69. The third-order valence-corrected chi connectivity index (χ3v) is 6.04. The standard InChI is InChI=1S/C23H20N2O4S/c1-14-10-18(12-20-22(27)24(23(28)30-20)13-21(26)29-3)15(2)25(14)19-9-8-16-6-4-5-7-17(16)11-19/h4-12H,13H2,1-3H3. The van der Waals surface area contributed by atoms with Gasteiger partial charge in [0.1, 0.15) is 6.54 Å². The van der Waals surface area contributed by atoms with Gasteiger partial charge in [-0.15, -0.1) is 0 Å². The van der Waals surface area contributed by atoms with Crippen molar-refractivity contribution in [2.75, 3.05) is 13.7 Å². The topological polar surface area (TPSA) is 68.6 Å². The molecule has 2 aromatic carbocycles. The number of esters is 1. The van der Waals surface area contributed by atoms with Crippen molar-refractivity contribution in [3.8, 4) is 5.69 Å². The van der Waals surface area contributed by atoms with E-state index < -0.39 is 17.1 Å². The van der Waals surface area contributed by atoms with E-state index in [4.69, 9.17) is 0 Å². The van der Waals surface area contributed by atoms with E-state index in [1.54, 1.807) is 6.08 Å². The fourth-order valence-electron chi connectivity index (χ4n) is 3.62. The van der Waals surface area contributed by atoms with Crippen molar-refractivity contribution in [1.82, 2.24) is 9.47 Å². The number of amides is 2. The van der Waals surface area contributed by atoms with Crippen LogP contribution >= 0.6 is 11.8 Å². The summed E-state index contributed by atoms with van der Waals surface area (Å²) in [4.78, 5) is 37.4. The van der Waals surface area contributed by atoms with Gasteiger partial charge in [0.2, 0.25) is 0 Å². The van der Waals surface area contributed by atoms with Crippen molar-refractivity contribution in [2.24, 2.45) is 0 Å². The summed E-state index contributed by atoms with van der Waals surface area (Å²) in [6, 6.07) is 16.4. The van der Waals surface area contributed by atoms with Gasteiger partial charge in [0, 0.05) is 17.1 Å². The highest BCUT2D eigenvalue weighted by Crippen LogP contribution is 2.34. The molecular formula is C23H20N2O4S. The van der Waals surface area contributed by atoms with Crippen molar-refractivity contribution >= 4 is 45.7 Å². The van der Waals surface area contributed by atoms with E-state index in [2.05, 4.69) is 39.6 Å². The Morgan fingerprint density at radius 3 is 2.53 bits per heavy atom. The molecular weight excluding hydrogens is 400 g/mol. The second-order valence-corrected chi connectivity index (χ2v) is 8.03. The van der Waals surface area contributed by atoms with Gasteiger partial charge < -0.3 is 9.30 Å². The van der Waals surface area contributed by atoms with Gasteiger partial charge in [-0.1, -0.05) is 30.3 Å². The third-order valence-electron chi connectivity index (χ3n) is 5.14. The van der Waals surface area contributed by atoms with Gasteiger partial charge in [-0.25, -0.2) is 0 Å². The van der Waals surface area contributed by atoms with E-state index >= 15 is 0 Å². The predicted molar refractivity (Wildman–Crippen MR) is 117 cm³/mol. The van der Waals surface area contributed by atoms with E-state index in [1.807, 2.05) is 32.0 Å². The number of thioether (sulfide) groups is 1. The number of aryl methyl sites for hydroxylation is 1. The average molecular weight is 420 g/mol. The lowest BCUT2D eigenvalue weighted by molar-refractivity contribution is -0.143. The monoisotopic (exact) mass is 420 g/mol. The van der Waals surface area contributed by atoms with Crippen molar-refractivity contribution in [3.05, 3.63) is 70.4 Å². The highest BCUT2D eigenvalue weighted by Gasteiger charge is 2.36. The maximum atomic E-state index is 12.6. The van der Waals surface area contributed by atoms with Gasteiger partial charge in [0.05, 0.1) is 12.0 Å². The number of hydrogen-bond donors (Lipinski definition) is 0. The van der Waals surface area contributed by atoms with Crippen LogP contribution in [0.2, 0.25) is 0 Å². The molecule has 30 heavy (non-hydrogen) atoms. The second-order valence-electron chi connectivity index (χ2n) is 7.04. The van der Waals surface area contributed by atoms with Gasteiger partial charge in [-0.3, -0.25) is 19.3 Å². The Kier molecular flexibility index (Phi) is 5.22. The number of benzene rings is 2. The fourth-order valence-corrected chi connectivity index (χ4v) is 4.45. The molecule has 1 aliphatic rings. The first kappa shape index (κ1) is 20.0. The highest BCUT2D eigenvalue weighted by atomic mass is 32.2. The Hall–Kier alpha value is -3.32. The van der Waals surface area contributed by atoms with Crippen molar-refractivity contribution in [2.45, 2.75) is 13.8 Å². The summed E-state index contributed by atoms with van der Waals surface area (Å²) in [5.41, 5.74) is 3.86. The first-order chi connectivity index (χ1) is 14.4. The summed E-state index contributed by atoms with van der Waals surface area (Å²) in [5, 5.41) is 1.84. The molecule has 0 radical (unpaired) electrons. The van der Waals surface area contributed by atoms with Crippen LogP contribution < -0.4 is 0 Å². The predicted octanol–water partition coefficient (Wildman–Crippen LogP) is 4.46. The number of ether oxygens (including phenoxy) is 1. The van der Waals surface area contributed by atoms with Crippen molar-refractivity contribution < 1.29 is 19.1 Å². The molecule has 2 amide bonds. The van der Waals surface area contributed by atoms with Crippen LogP contribution in [-0.4, -0.2) is 40.2 Å². The normalized spacial score (nSPS) is 15.4. The van der Waals surface area contributed by atoms with Crippen LogP contribution in [0.5, 0.6) is 0 Å². The molecule has 152 valence electrons. The van der Waals surface area contributed by atoms with Crippen LogP contribution in [0.25, 0.3) is 22.5 Å². The molecule has 0 unspecified atom stereocenters. The first-order valence-corrected chi connectivity index (χ1v) is 10.2. The summed E-state index contributed by atoms with van der Waals surface area (Å²) >= 11 is 0.832. The number of carbonyl (C=O) groups excluding carboxylic acids is 3. The van der Waals surface area contributed by atoms with Crippen LogP contribution in [0.3, 0.4) is 0 Å². The minimum Gasteiger partial charge on any atom is -0.468 e. The molecule has 3 aromatic rings. The number of nitrogens with zero attached hydrogens (tertiary/aromatic N) is 2. The van der Waals surface area contributed by atoms with Gasteiger partial charge in [-0.05, 0) is 66.2 Å². The minimum atomic E-state index is -0.631. The molecule has 7 heteroatoms. The summed E-state index contributed by atoms with van der Waals surface area (Å²) in [7, 11) is 1.22. The molecule has 0 saturated carbocycles. The molecule has 0 bridgehead atoms. The van der Waals surface area contributed by atoms with Gasteiger partial charge in [0.15, 0.2) is 0 Å². The molecule has 4 rings (SSSR count). The van der Waals surface area contributed by atoms with E-state index in [0.717, 1.165) is 44.7 Å². The first-order valence-electron chi connectivity index (χ1n) is 9.39.